The van der Waals surface area contributed by atoms with Gasteiger partial charge >= 0.3 is 0 Å². The summed E-state index contributed by atoms with van der Waals surface area (Å²) in [6, 6.07) is 7.76. The molecule has 0 fully saturated rings. The minimum Gasteiger partial charge on any atom is -0.497 e. The zero-order chi connectivity index (χ0) is 16.1. The van der Waals surface area contributed by atoms with Gasteiger partial charge in [-0.1, -0.05) is 19.0 Å². The fourth-order valence-electron chi connectivity index (χ4n) is 2.47. The third-order valence-corrected chi connectivity index (χ3v) is 3.77. The van der Waals surface area contributed by atoms with Crippen molar-refractivity contribution in [2.24, 2.45) is 11.1 Å². The first-order valence-electron chi connectivity index (χ1n) is 7.71. The van der Waals surface area contributed by atoms with Gasteiger partial charge in [-0.25, -0.2) is 0 Å². The lowest BCUT2D eigenvalue weighted by Gasteiger charge is -2.24. The minimum atomic E-state index is -0.0697. The maximum absolute atomic E-state index is 12.1. The van der Waals surface area contributed by atoms with E-state index >= 15 is 0 Å². The highest BCUT2D eigenvalue weighted by atomic mass is 16.6. The number of amides is 1. The van der Waals surface area contributed by atoms with Crippen molar-refractivity contribution in [3.05, 3.63) is 29.8 Å². The summed E-state index contributed by atoms with van der Waals surface area (Å²) in [6.07, 6.45) is 0.647. The molecule has 1 aliphatic rings. The summed E-state index contributed by atoms with van der Waals surface area (Å²) in [5, 5.41) is 4.17. The molecule has 5 nitrogen and oxygen atoms in total. The number of rotatable bonds is 6. The number of likely N-dealkylation sites (N-methyl/N-ethyl adjacent to an activating group) is 1. The van der Waals surface area contributed by atoms with Crippen LogP contribution in [-0.4, -0.2) is 42.8 Å². The van der Waals surface area contributed by atoms with Crippen LogP contribution in [0.3, 0.4) is 0 Å². The van der Waals surface area contributed by atoms with E-state index < -0.39 is 0 Å². The van der Waals surface area contributed by atoms with Crippen LogP contribution >= 0.6 is 0 Å². The van der Waals surface area contributed by atoms with Crippen LogP contribution in [0.2, 0.25) is 0 Å². The van der Waals surface area contributed by atoms with E-state index in [2.05, 4.69) is 5.16 Å². The van der Waals surface area contributed by atoms with Gasteiger partial charge in [0.1, 0.15) is 5.75 Å². The Balaban J connectivity index is 1.94. The molecule has 1 atom stereocenters. The summed E-state index contributed by atoms with van der Waals surface area (Å²) in [4.78, 5) is 19.4. The molecule has 1 heterocycles. The van der Waals surface area contributed by atoms with Crippen molar-refractivity contribution in [3.8, 4) is 5.75 Å². The maximum atomic E-state index is 12.1. The largest absolute Gasteiger partial charge is 0.497 e. The number of nitrogens with zero attached hydrogens (tertiary/aromatic N) is 2. The van der Waals surface area contributed by atoms with Gasteiger partial charge < -0.3 is 14.5 Å². The maximum Gasteiger partial charge on any atom is 0.225 e. The molecule has 0 aromatic heterocycles. The monoisotopic (exact) mass is 304 g/mol. The molecule has 0 saturated heterocycles. The zero-order valence-electron chi connectivity index (χ0n) is 13.7. The molecule has 1 aliphatic heterocycles. The van der Waals surface area contributed by atoms with Crippen LogP contribution in [0.15, 0.2) is 29.4 Å². The lowest BCUT2D eigenvalue weighted by atomic mass is 10.0. The summed E-state index contributed by atoms with van der Waals surface area (Å²) in [7, 11) is 1.65. The molecule has 120 valence electrons. The van der Waals surface area contributed by atoms with Crippen LogP contribution in [0.25, 0.3) is 0 Å². The zero-order valence-corrected chi connectivity index (χ0v) is 13.7. The molecule has 0 radical (unpaired) electrons. The van der Waals surface area contributed by atoms with E-state index in [0.717, 1.165) is 17.0 Å². The second kappa shape index (κ2) is 7.29. The number of carbonyl (C=O) groups is 1. The van der Waals surface area contributed by atoms with Crippen molar-refractivity contribution < 1.29 is 14.4 Å². The van der Waals surface area contributed by atoms with Crippen LogP contribution in [-0.2, 0) is 9.63 Å². The van der Waals surface area contributed by atoms with Gasteiger partial charge in [-0.05, 0) is 36.8 Å². The van der Waals surface area contributed by atoms with E-state index in [4.69, 9.17) is 9.57 Å². The number of benzene rings is 1. The average Bonchev–Trinajstić information content (AvgIpc) is 3.00. The lowest BCUT2D eigenvalue weighted by Crippen LogP contribution is -2.39. The Bertz CT molecular complexity index is 537. The first kappa shape index (κ1) is 16.3. The van der Waals surface area contributed by atoms with E-state index in [9.17, 15) is 4.79 Å². The standard InChI is InChI=1S/C17H24N2O3/c1-5-19(17(20)12(2)3)11-15-10-16(18-22-15)13-6-8-14(21-4)9-7-13/h6-9,12,15H,5,10-11H2,1-4H3/t15-/m0/s1. The van der Waals surface area contributed by atoms with Gasteiger partial charge in [0.2, 0.25) is 5.91 Å². The molecule has 0 unspecified atom stereocenters. The van der Waals surface area contributed by atoms with Gasteiger partial charge in [-0.3, -0.25) is 4.79 Å². The molecule has 1 amide bonds. The second-order valence-electron chi connectivity index (χ2n) is 5.73. The van der Waals surface area contributed by atoms with E-state index in [-0.39, 0.29) is 17.9 Å². The Kier molecular flexibility index (Phi) is 5.41. The predicted octanol–water partition coefficient (Wildman–Crippen LogP) is 2.69. The molecule has 22 heavy (non-hydrogen) atoms. The second-order valence-corrected chi connectivity index (χ2v) is 5.73. The van der Waals surface area contributed by atoms with E-state index in [1.54, 1.807) is 7.11 Å². The highest BCUT2D eigenvalue weighted by Gasteiger charge is 2.26. The lowest BCUT2D eigenvalue weighted by molar-refractivity contribution is -0.136. The van der Waals surface area contributed by atoms with Crippen molar-refractivity contribution in [3.63, 3.8) is 0 Å². The van der Waals surface area contributed by atoms with Crippen molar-refractivity contribution >= 4 is 11.6 Å². The van der Waals surface area contributed by atoms with Gasteiger partial charge in [0, 0.05) is 18.9 Å². The number of ether oxygens (including phenoxy) is 1. The molecule has 0 saturated carbocycles. The Morgan fingerprint density at radius 3 is 2.64 bits per heavy atom. The van der Waals surface area contributed by atoms with E-state index in [1.807, 2.05) is 49.9 Å². The molecule has 1 aromatic rings. The molecular formula is C17H24N2O3. The highest BCUT2D eigenvalue weighted by Crippen LogP contribution is 2.20. The summed E-state index contributed by atoms with van der Waals surface area (Å²) in [5.41, 5.74) is 1.95. The van der Waals surface area contributed by atoms with Crippen molar-refractivity contribution in [2.75, 3.05) is 20.2 Å². The molecule has 0 N–H and O–H groups in total. The summed E-state index contributed by atoms with van der Waals surface area (Å²) in [5.74, 6) is 0.979. The number of hydrogen-bond donors (Lipinski definition) is 0. The van der Waals surface area contributed by atoms with Crippen LogP contribution < -0.4 is 4.74 Å². The molecule has 0 spiro atoms. The van der Waals surface area contributed by atoms with Crippen LogP contribution in [0.5, 0.6) is 5.75 Å². The summed E-state index contributed by atoms with van der Waals surface area (Å²) in [6.45, 7) is 7.09. The topological polar surface area (TPSA) is 51.1 Å². The predicted molar refractivity (Wildman–Crippen MR) is 86.1 cm³/mol. The first-order valence-corrected chi connectivity index (χ1v) is 7.71. The first-order chi connectivity index (χ1) is 10.5. The van der Waals surface area contributed by atoms with Crippen molar-refractivity contribution in [1.82, 2.24) is 4.90 Å². The highest BCUT2D eigenvalue weighted by molar-refractivity contribution is 6.01. The van der Waals surface area contributed by atoms with Gasteiger partial charge in [-0.2, -0.15) is 0 Å². The quantitative estimate of drug-likeness (QED) is 0.812. The van der Waals surface area contributed by atoms with Gasteiger partial charge in [0.15, 0.2) is 6.10 Å². The van der Waals surface area contributed by atoms with Crippen LogP contribution in [0.4, 0.5) is 0 Å². The third-order valence-electron chi connectivity index (χ3n) is 3.77. The SMILES string of the molecule is CCN(C[C@@H]1CC(c2ccc(OC)cc2)=NO1)C(=O)C(C)C. The Morgan fingerprint density at radius 1 is 1.41 bits per heavy atom. The number of methoxy groups -OCH3 is 1. The molecule has 1 aromatic carbocycles. The van der Waals surface area contributed by atoms with Crippen molar-refractivity contribution in [2.45, 2.75) is 33.3 Å². The third kappa shape index (κ3) is 3.78. The average molecular weight is 304 g/mol. The van der Waals surface area contributed by atoms with Gasteiger partial charge in [0.25, 0.3) is 0 Å². The molecule has 5 heteroatoms. The smallest absolute Gasteiger partial charge is 0.225 e. The normalized spacial score (nSPS) is 17.1. The van der Waals surface area contributed by atoms with E-state index in [0.29, 0.717) is 19.5 Å². The number of carbonyl (C=O) groups excluding carboxylic acids is 1. The van der Waals surface area contributed by atoms with Gasteiger partial charge in [0.05, 0.1) is 19.4 Å². The van der Waals surface area contributed by atoms with Crippen LogP contribution in [0.1, 0.15) is 32.8 Å². The fraction of sp³-hybridized carbons (Fsp3) is 0.529. The molecule has 0 aliphatic carbocycles. The Morgan fingerprint density at radius 2 is 2.09 bits per heavy atom. The molecular weight excluding hydrogens is 280 g/mol. The summed E-state index contributed by atoms with van der Waals surface area (Å²) < 4.78 is 5.15. The Hall–Kier alpha value is -2.04. The number of hydrogen-bond acceptors (Lipinski definition) is 4. The minimum absolute atomic E-state index is 0.00308. The molecule has 2 rings (SSSR count). The summed E-state index contributed by atoms with van der Waals surface area (Å²) >= 11 is 0. The number of oxime groups is 1. The fourth-order valence-corrected chi connectivity index (χ4v) is 2.47. The molecule has 0 bridgehead atoms. The Labute approximate surface area is 131 Å². The van der Waals surface area contributed by atoms with E-state index in [1.165, 1.54) is 0 Å². The van der Waals surface area contributed by atoms with Gasteiger partial charge in [-0.15, -0.1) is 0 Å². The van der Waals surface area contributed by atoms with Crippen molar-refractivity contribution in [1.29, 1.82) is 0 Å². The van der Waals surface area contributed by atoms with Crippen LogP contribution in [0, 0.1) is 5.92 Å².